The van der Waals surface area contributed by atoms with Crippen molar-refractivity contribution in [3.05, 3.63) is 17.7 Å². The van der Waals surface area contributed by atoms with Crippen LogP contribution in [0.4, 0.5) is 0 Å². The van der Waals surface area contributed by atoms with Gasteiger partial charge in [-0.25, -0.2) is 0 Å². The molecule has 27 heavy (non-hydrogen) atoms. The van der Waals surface area contributed by atoms with Crippen LogP contribution in [0, 0.1) is 11.8 Å². The van der Waals surface area contributed by atoms with Crippen LogP contribution in [-0.2, 0) is 6.54 Å². The van der Waals surface area contributed by atoms with Crippen LogP contribution in [-0.4, -0.2) is 40.4 Å². The normalized spacial score (nSPS) is 22.9. The average Bonchev–Trinajstić information content (AvgIpc) is 3.49. The van der Waals surface area contributed by atoms with E-state index in [1.54, 1.807) is 21.3 Å². The third-order valence-corrected chi connectivity index (χ3v) is 5.83. The zero-order valence-electron chi connectivity index (χ0n) is 17.0. The first-order chi connectivity index (χ1) is 13.2. The maximum absolute atomic E-state index is 5.43. The summed E-state index contributed by atoms with van der Waals surface area (Å²) in [5, 5.41) is 7.00. The Morgan fingerprint density at radius 2 is 1.70 bits per heavy atom. The molecular weight excluding hydrogens is 342 g/mol. The molecule has 0 heterocycles. The Morgan fingerprint density at radius 3 is 2.26 bits per heavy atom. The maximum atomic E-state index is 5.43. The molecule has 2 unspecified atom stereocenters. The number of hydrogen-bond acceptors (Lipinski definition) is 4. The SMILES string of the molecule is CN=C(NCc1cc(OC)c(OC)c(OC)c1)NC1CC1C1CCCCC1. The Labute approximate surface area is 162 Å². The molecule has 0 bridgehead atoms. The molecule has 2 aliphatic carbocycles. The van der Waals surface area contributed by atoms with Gasteiger partial charge in [-0.15, -0.1) is 0 Å². The molecule has 1 aromatic carbocycles. The van der Waals surface area contributed by atoms with Gasteiger partial charge in [0.2, 0.25) is 5.75 Å². The highest BCUT2D eigenvalue weighted by atomic mass is 16.5. The van der Waals surface area contributed by atoms with Crippen LogP contribution in [0.1, 0.15) is 44.1 Å². The van der Waals surface area contributed by atoms with E-state index in [9.17, 15) is 0 Å². The van der Waals surface area contributed by atoms with E-state index >= 15 is 0 Å². The zero-order valence-corrected chi connectivity index (χ0v) is 17.0. The predicted molar refractivity (Wildman–Crippen MR) is 108 cm³/mol. The molecule has 0 aromatic heterocycles. The summed E-state index contributed by atoms with van der Waals surface area (Å²) < 4.78 is 16.2. The lowest BCUT2D eigenvalue weighted by Gasteiger charge is -2.22. The molecule has 2 fully saturated rings. The zero-order chi connectivity index (χ0) is 19.2. The van der Waals surface area contributed by atoms with Crippen molar-refractivity contribution in [2.75, 3.05) is 28.4 Å². The van der Waals surface area contributed by atoms with Crippen molar-refractivity contribution in [1.82, 2.24) is 10.6 Å². The Kier molecular flexibility index (Phi) is 6.69. The standard InChI is InChI=1S/C21H33N3O3/c1-22-21(24-17-12-16(17)15-8-6-5-7-9-15)23-13-14-10-18(25-2)20(27-4)19(11-14)26-3/h10-11,15-17H,5-9,12-13H2,1-4H3,(H2,22,23,24). The monoisotopic (exact) mass is 375 g/mol. The maximum Gasteiger partial charge on any atom is 0.203 e. The minimum atomic E-state index is 0.569. The fourth-order valence-corrected chi connectivity index (χ4v) is 4.26. The summed E-state index contributed by atoms with van der Waals surface area (Å²) >= 11 is 0. The van der Waals surface area contributed by atoms with Crippen molar-refractivity contribution < 1.29 is 14.2 Å². The van der Waals surface area contributed by atoms with Crippen LogP contribution in [0.3, 0.4) is 0 Å². The number of nitrogens with one attached hydrogen (secondary N) is 2. The van der Waals surface area contributed by atoms with Gasteiger partial charge in [0, 0.05) is 19.6 Å². The number of benzene rings is 1. The van der Waals surface area contributed by atoms with E-state index in [-0.39, 0.29) is 0 Å². The number of hydrogen-bond donors (Lipinski definition) is 2. The third kappa shape index (κ3) is 4.79. The lowest BCUT2D eigenvalue weighted by molar-refractivity contribution is 0.315. The van der Waals surface area contributed by atoms with Crippen molar-refractivity contribution in [3.8, 4) is 17.2 Å². The Bertz CT molecular complexity index is 631. The molecular formula is C21H33N3O3. The van der Waals surface area contributed by atoms with Crippen molar-refractivity contribution in [1.29, 1.82) is 0 Å². The number of aliphatic imine (C=N–C) groups is 1. The van der Waals surface area contributed by atoms with Gasteiger partial charge in [-0.05, 0) is 36.0 Å². The molecule has 150 valence electrons. The van der Waals surface area contributed by atoms with E-state index in [0.717, 1.165) is 23.4 Å². The molecule has 2 atom stereocenters. The summed E-state index contributed by atoms with van der Waals surface area (Å²) in [6.45, 7) is 0.636. The number of ether oxygens (including phenoxy) is 3. The second kappa shape index (κ2) is 9.20. The van der Waals surface area contributed by atoms with Gasteiger partial charge in [0.15, 0.2) is 17.5 Å². The molecule has 0 spiro atoms. The lowest BCUT2D eigenvalue weighted by atomic mass is 9.85. The van der Waals surface area contributed by atoms with E-state index < -0.39 is 0 Å². The first-order valence-electron chi connectivity index (χ1n) is 9.96. The van der Waals surface area contributed by atoms with Gasteiger partial charge >= 0.3 is 0 Å². The predicted octanol–water partition coefficient (Wildman–Crippen LogP) is 3.35. The van der Waals surface area contributed by atoms with Gasteiger partial charge in [-0.1, -0.05) is 32.1 Å². The Morgan fingerprint density at radius 1 is 1.04 bits per heavy atom. The second-order valence-electron chi connectivity index (χ2n) is 7.51. The molecule has 6 heteroatoms. The van der Waals surface area contributed by atoms with Gasteiger partial charge < -0.3 is 24.8 Å². The molecule has 6 nitrogen and oxygen atoms in total. The fraction of sp³-hybridized carbons (Fsp3) is 0.667. The molecule has 2 aliphatic rings. The van der Waals surface area contributed by atoms with E-state index in [1.807, 2.05) is 19.2 Å². The highest BCUT2D eigenvalue weighted by Gasteiger charge is 2.43. The van der Waals surface area contributed by atoms with Gasteiger partial charge in [0.05, 0.1) is 21.3 Å². The Hall–Kier alpha value is -2.11. The van der Waals surface area contributed by atoms with Gasteiger partial charge in [-0.3, -0.25) is 4.99 Å². The minimum Gasteiger partial charge on any atom is -0.493 e. The fourth-order valence-electron chi connectivity index (χ4n) is 4.26. The van der Waals surface area contributed by atoms with Crippen molar-refractivity contribution in [3.63, 3.8) is 0 Å². The molecule has 0 aliphatic heterocycles. The number of nitrogens with zero attached hydrogens (tertiary/aromatic N) is 1. The molecule has 1 aromatic rings. The Balaban J connectivity index is 1.55. The third-order valence-electron chi connectivity index (χ3n) is 5.83. The van der Waals surface area contributed by atoms with E-state index in [0.29, 0.717) is 29.8 Å². The van der Waals surface area contributed by atoms with E-state index in [2.05, 4.69) is 15.6 Å². The number of rotatable bonds is 7. The van der Waals surface area contributed by atoms with Crippen LogP contribution >= 0.6 is 0 Å². The van der Waals surface area contributed by atoms with Crippen molar-refractivity contribution in [2.45, 2.75) is 51.1 Å². The largest absolute Gasteiger partial charge is 0.493 e. The van der Waals surface area contributed by atoms with Crippen LogP contribution in [0.5, 0.6) is 17.2 Å². The second-order valence-corrected chi connectivity index (χ2v) is 7.51. The molecule has 2 saturated carbocycles. The van der Waals surface area contributed by atoms with Crippen LogP contribution in [0.25, 0.3) is 0 Å². The topological polar surface area (TPSA) is 64.1 Å². The first kappa shape index (κ1) is 19.6. The highest BCUT2D eigenvalue weighted by Crippen LogP contribution is 2.44. The van der Waals surface area contributed by atoms with Crippen LogP contribution in [0.15, 0.2) is 17.1 Å². The molecule has 0 radical (unpaired) electrons. The summed E-state index contributed by atoms with van der Waals surface area (Å²) in [7, 11) is 6.70. The van der Waals surface area contributed by atoms with E-state index in [1.165, 1.54) is 38.5 Å². The molecule has 0 amide bonds. The summed E-state index contributed by atoms with van der Waals surface area (Å²) in [5.41, 5.74) is 1.05. The van der Waals surface area contributed by atoms with E-state index in [4.69, 9.17) is 14.2 Å². The summed E-state index contributed by atoms with van der Waals surface area (Å²) in [6, 6.07) is 4.49. The quantitative estimate of drug-likeness (QED) is 0.565. The summed E-state index contributed by atoms with van der Waals surface area (Å²) in [5.74, 6) is 4.52. The first-order valence-corrected chi connectivity index (χ1v) is 9.96. The summed E-state index contributed by atoms with van der Waals surface area (Å²) in [6.07, 6.45) is 8.31. The molecule has 3 rings (SSSR count). The van der Waals surface area contributed by atoms with Crippen molar-refractivity contribution >= 4 is 5.96 Å². The van der Waals surface area contributed by atoms with Crippen molar-refractivity contribution in [2.24, 2.45) is 16.8 Å². The lowest BCUT2D eigenvalue weighted by Crippen LogP contribution is -2.39. The number of guanidine groups is 1. The minimum absolute atomic E-state index is 0.569. The van der Waals surface area contributed by atoms with Gasteiger partial charge in [0.25, 0.3) is 0 Å². The average molecular weight is 376 g/mol. The van der Waals surface area contributed by atoms with Gasteiger partial charge in [0.1, 0.15) is 0 Å². The highest BCUT2D eigenvalue weighted by molar-refractivity contribution is 5.80. The van der Waals surface area contributed by atoms with Crippen LogP contribution < -0.4 is 24.8 Å². The summed E-state index contributed by atoms with van der Waals surface area (Å²) in [4.78, 5) is 4.39. The smallest absolute Gasteiger partial charge is 0.203 e. The van der Waals surface area contributed by atoms with Crippen LogP contribution in [0.2, 0.25) is 0 Å². The van der Waals surface area contributed by atoms with Gasteiger partial charge in [-0.2, -0.15) is 0 Å². The molecule has 2 N–H and O–H groups in total. The number of methoxy groups -OCH3 is 3. The molecule has 0 saturated heterocycles.